The summed E-state index contributed by atoms with van der Waals surface area (Å²) >= 11 is 0. The minimum Gasteiger partial charge on any atom is -0.391 e. The highest BCUT2D eigenvalue weighted by Gasteiger charge is 2.36. The van der Waals surface area contributed by atoms with Crippen LogP contribution in [-0.4, -0.2) is 51.2 Å². The summed E-state index contributed by atoms with van der Waals surface area (Å²) in [6, 6.07) is 13.6. The first-order valence-electron chi connectivity index (χ1n) is 11.1. The Morgan fingerprint density at radius 2 is 2.00 bits per heavy atom. The van der Waals surface area contributed by atoms with Crippen LogP contribution in [0.25, 0.3) is 11.0 Å². The van der Waals surface area contributed by atoms with Gasteiger partial charge in [-0.15, -0.1) is 0 Å². The lowest BCUT2D eigenvalue weighted by molar-refractivity contribution is -0.128. The molecule has 35 heavy (non-hydrogen) atoms. The molecule has 1 N–H and O–H groups in total. The number of aromatic nitrogens is 3. The van der Waals surface area contributed by atoms with E-state index in [1.807, 2.05) is 12.1 Å². The number of nitrogens with zero attached hydrogens (tertiary/aromatic N) is 6. The van der Waals surface area contributed by atoms with Crippen molar-refractivity contribution in [1.29, 1.82) is 5.26 Å². The van der Waals surface area contributed by atoms with Crippen molar-refractivity contribution in [3.05, 3.63) is 64.2 Å². The minimum absolute atomic E-state index is 0.180. The van der Waals surface area contributed by atoms with Gasteiger partial charge in [0.15, 0.2) is 5.82 Å². The summed E-state index contributed by atoms with van der Waals surface area (Å²) in [5, 5.41) is 24.0. The third-order valence-electron chi connectivity index (χ3n) is 6.35. The second-order valence-corrected chi connectivity index (χ2v) is 8.42. The van der Waals surface area contributed by atoms with Gasteiger partial charge in [-0.05, 0) is 37.0 Å². The van der Waals surface area contributed by atoms with Gasteiger partial charge in [-0.25, -0.2) is 9.78 Å². The van der Waals surface area contributed by atoms with Crippen molar-refractivity contribution in [1.82, 2.24) is 14.5 Å². The van der Waals surface area contributed by atoms with Crippen molar-refractivity contribution in [2.24, 2.45) is 18.1 Å². The molecule has 4 rings (SSSR count). The number of aryl methyl sites for hydroxylation is 1. The van der Waals surface area contributed by atoms with Gasteiger partial charge in [-0.1, -0.05) is 35.5 Å². The Kier molecular flexibility index (Phi) is 7.02. The highest BCUT2D eigenvalue weighted by Crippen LogP contribution is 2.33. The number of hydrogen-bond donors (Lipinski definition) is 1. The number of alkyl halides is 2. The highest BCUT2D eigenvalue weighted by atomic mass is 19.3. The lowest BCUT2D eigenvalue weighted by atomic mass is 9.79. The van der Waals surface area contributed by atoms with Crippen LogP contribution in [0.15, 0.2) is 52.4 Å². The monoisotopic (exact) mass is 482 g/mol. The van der Waals surface area contributed by atoms with Crippen LogP contribution >= 0.6 is 0 Å². The van der Waals surface area contributed by atoms with Gasteiger partial charge in [0, 0.05) is 20.0 Å². The summed E-state index contributed by atoms with van der Waals surface area (Å²) in [6.45, 7) is -3.05. The number of hydrogen-bond acceptors (Lipinski definition) is 8. The Labute approximate surface area is 199 Å². The van der Waals surface area contributed by atoms with Gasteiger partial charge in [0.1, 0.15) is 17.3 Å². The van der Waals surface area contributed by atoms with Gasteiger partial charge in [-0.2, -0.15) is 19.0 Å². The van der Waals surface area contributed by atoms with Crippen molar-refractivity contribution >= 4 is 22.6 Å². The van der Waals surface area contributed by atoms with Crippen LogP contribution < -0.4 is 10.6 Å². The minimum atomic E-state index is -3.05. The van der Waals surface area contributed by atoms with Crippen LogP contribution in [0.3, 0.4) is 0 Å². The zero-order valence-corrected chi connectivity index (χ0v) is 19.2. The SMILES string of the molecule is CN(c1nc(=O)n(C)c2ccc(C#N)nc12)[C@@H]1CC[C@H](/C(=N/OC(F)F)c2ccccc2)C[C@H]1O. The summed E-state index contributed by atoms with van der Waals surface area (Å²) in [5.74, 6) is -0.0480. The molecule has 3 atom stereocenters. The van der Waals surface area contributed by atoms with Crippen LogP contribution in [0.5, 0.6) is 0 Å². The zero-order chi connectivity index (χ0) is 25.1. The van der Waals surface area contributed by atoms with Gasteiger partial charge in [0.2, 0.25) is 0 Å². The maximum atomic E-state index is 12.7. The number of likely N-dealkylation sites (N-methyl/N-ethyl adjacent to an activating group) is 1. The Balaban J connectivity index is 1.63. The second-order valence-electron chi connectivity index (χ2n) is 8.42. The van der Waals surface area contributed by atoms with Crippen molar-refractivity contribution < 1.29 is 18.7 Å². The van der Waals surface area contributed by atoms with E-state index in [9.17, 15) is 23.9 Å². The number of aliphatic hydroxyl groups is 1. The first-order chi connectivity index (χ1) is 16.8. The third-order valence-corrected chi connectivity index (χ3v) is 6.35. The van der Waals surface area contributed by atoms with E-state index < -0.39 is 24.4 Å². The summed E-state index contributed by atoms with van der Waals surface area (Å²) in [6.07, 6.45) is 0.375. The Bertz CT molecular complexity index is 1340. The molecule has 0 bridgehead atoms. The molecule has 1 aliphatic carbocycles. The van der Waals surface area contributed by atoms with Crippen molar-refractivity contribution in [2.75, 3.05) is 11.9 Å². The van der Waals surface area contributed by atoms with Gasteiger partial charge >= 0.3 is 12.3 Å². The lowest BCUT2D eigenvalue weighted by Crippen LogP contribution is -2.47. The van der Waals surface area contributed by atoms with E-state index in [2.05, 4.69) is 20.0 Å². The Morgan fingerprint density at radius 1 is 1.26 bits per heavy atom. The molecule has 0 spiro atoms. The van der Waals surface area contributed by atoms with Crippen molar-refractivity contribution in [3.63, 3.8) is 0 Å². The number of halogens is 2. The fourth-order valence-corrected chi connectivity index (χ4v) is 4.57. The Hall–Kier alpha value is -3.91. The number of anilines is 1. The topological polar surface area (TPSA) is 117 Å². The van der Waals surface area contributed by atoms with E-state index in [0.717, 1.165) is 0 Å². The largest absolute Gasteiger partial charge is 0.407 e. The van der Waals surface area contributed by atoms with Crippen LogP contribution in [0, 0.1) is 17.2 Å². The Morgan fingerprint density at radius 3 is 2.66 bits per heavy atom. The molecule has 11 heteroatoms. The van der Waals surface area contributed by atoms with E-state index in [4.69, 9.17) is 0 Å². The fourth-order valence-electron chi connectivity index (χ4n) is 4.57. The van der Waals surface area contributed by atoms with E-state index in [0.29, 0.717) is 35.2 Å². The van der Waals surface area contributed by atoms with E-state index in [-0.39, 0.29) is 23.9 Å². The summed E-state index contributed by atoms with van der Waals surface area (Å²) in [7, 11) is 3.28. The number of nitriles is 1. The molecule has 1 saturated carbocycles. The molecule has 0 aliphatic heterocycles. The highest BCUT2D eigenvalue weighted by molar-refractivity contribution is 6.02. The van der Waals surface area contributed by atoms with Gasteiger partial charge in [-0.3, -0.25) is 4.57 Å². The predicted octanol–water partition coefficient (Wildman–Crippen LogP) is 2.81. The van der Waals surface area contributed by atoms with Gasteiger partial charge < -0.3 is 14.8 Å². The molecule has 3 aromatic rings. The molecule has 2 heterocycles. The number of benzene rings is 1. The van der Waals surface area contributed by atoms with E-state index in [1.54, 1.807) is 49.3 Å². The summed E-state index contributed by atoms with van der Waals surface area (Å²) < 4.78 is 26.8. The molecule has 0 unspecified atom stereocenters. The molecule has 182 valence electrons. The lowest BCUT2D eigenvalue weighted by Gasteiger charge is -2.39. The van der Waals surface area contributed by atoms with Crippen LogP contribution in [0.4, 0.5) is 14.6 Å². The fraction of sp³-hybridized carbons (Fsp3) is 0.375. The number of oxime groups is 1. The number of rotatable bonds is 6. The number of fused-ring (bicyclic) bond motifs is 1. The average molecular weight is 482 g/mol. The molecule has 0 saturated heterocycles. The molecule has 2 aromatic heterocycles. The standard InChI is InChI=1S/C24H24F2N6O3/c1-31(22-21-18(32(2)24(34)29-22)11-9-16(13-27)28-21)17-10-8-15(12-19(17)33)20(30-35-23(25)26)14-6-4-3-5-7-14/h3-7,9,11,15,17,19,23,33H,8,10,12H2,1-2H3/b30-20+/t15-,17+,19+/m0/s1. The van der Waals surface area contributed by atoms with Crippen LogP contribution in [0.1, 0.15) is 30.5 Å². The molecular weight excluding hydrogens is 458 g/mol. The first kappa shape index (κ1) is 24.2. The molecule has 0 amide bonds. The van der Waals surface area contributed by atoms with Gasteiger partial charge in [0.25, 0.3) is 0 Å². The number of pyridine rings is 1. The zero-order valence-electron chi connectivity index (χ0n) is 19.2. The summed E-state index contributed by atoms with van der Waals surface area (Å²) in [5.41, 5.74) is 1.57. The van der Waals surface area contributed by atoms with Gasteiger partial charge in [0.05, 0.1) is 23.4 Å². The van der Waals surface area contributed by atoms with Crippen LogP contribution in [0.2, 0.25) is 0 Å². The second kappa shape index (κ2) is 10.1. The quantitative estimate of drug-likeness (QED) is 0.424. The molecule has 1 aromatic carbocycles. The number of aliphatic hydroxyl groups excluding tert-OH is 1. The van der Waals surface area contributed by atoms with Crippen molar-refractivity contribution in [2.45, 2.75) is 38.0 Å². The third kappa shape index (κ3) is 4.97. The smallest absolute Gasteiger partial charge is 0.391 e. The normalized spacial score (nSPS) is 20.6. The molecule has 1 aliphatic rings. The van der Waals surface area contributed by atoms with E-state index in [1.165, 1.54) is 10.6 Å². The summed E-state index contributed by atoms with van der Waals surface area (Å²) in [4.78, 5) is 27.0. The van der Waals surface area contributed by atoms with Crippen molar-refractivity contribution in [3.8, 4) is 6.07 Å². The van der Waals surface area contributed by atoms with Crippen LogP contribution in [-0.2, 0) is 11.9 Å². The first-order valence-corrected chi connectivity index (χ1v) is 11.1. The molecule has 9 nitrogen and oxygen atoms in total. The molecule has 0 radical (unpaired) electrons. The maximum absolute atomic E-state index is 12.7. The maximum Gasteiger partial charge on any atom is 0.407 e. The average Bonchev–Trinajstić information content (AvgIpc) is 2.86. The molecular formula is C24H24F2N6O3. The van der Waals surface area contributed by atoms with E-state index >= 15 is 0 Å². The molecule has 1 fully saturated rings. The predicted molar refractivity (Wildman–Crippen MR) is 125 cm³/mol.